The zero-order valence-electron chi connectivity index (χ0n) is 10.7. The number of pyridine rings is 1. The SMILES string of the molecule is Nc1cnc(NC2CCN3CCCC23)cc1C(=O)O. The van der Waals surface area contributed by atoms with Crippen molar-refractivity contribution in [1.29, 1.82) is 0 Å². The van der Waals surface area contributed by atoms with Crippen LogP contribution in [0, 0.1) is 0 Å². The molecule has 3 heterocycles. The smallest absolute Gasteiger partial charge is 0.337 e. The van der Waals surface area contributed by atoms with Gasteiger partial charge in [0.25, 0.3) is 0 Å². The average molecular weight is 262 g/mol. The van der Waals surface area contributed by atoms with Gasteiger partial charge < -0.3 is 16.2 Å². The molecule has 0 bridgehead atoms. The van der Waals surface area contributed by atoms with Crippen LogP contribution in [0.4, 0.5) is 11.5 Å². The van der Waals surface area contributed by atoms with E-state index in [0.717, 1.165) is 13.0 Å². The molecule has 0 radical (unpaired) electrons. The first-order chi connectivity index (χ1) is 9.15. The summed E-state index contributed by atoms with van der Waals surface area (Å²) in [4.78, 5) is 17.7. The summed E-state index contributed by atoms with van der Waals surface area (Å²) in [5, 5.41) is 12.4. The van der Waals surface area contributed by atoms with Crippen molar-refractivity contribution in [3.8, 4) is 0 Å². The molecule has 6 nitrogen and oxygen atoms in total. The third-order valence-electron chi connectivity index (χ3n) is 4.10. The van der Waals surface area contributed by atoms with Crippen LogP contribution in [-0.4, -0.2) is 46.1 Å². The Morgan fingerprint density at radius 1 is 1.47 bits per heavy atom. The molecule has 2 atom stereocenters. The summed E-state index contributed by atoms with van der Waals surface area (Å²) < 4.78 is 0. The van der Waals surface area contributed by atoms with E-state index >= 15 is 0 Å². The van der Waals surface area contributed by atoms with Crippen LogP contribution in [-0.2, 0) is 0 Å². The molecule has 19 heavy (non-hydrogen) atoms. The highest BCUT2D eigenvalue weighted by atomic mass is 16.4. The maximum absolute atomic E-state index is 11.0. The van der Waals surface area contributed by atoms with Crippen molar-refractivity contribution in [3.63, 3.8) is 0 Å². The number of rotatable bonds is 3. The quantitative estimate of drug-likeness (QED) is 0.753. The van der Waals surface area contributed by atoms with Crippen molar-refractivity contribution in [2.75, 3.05) is 24.1 Å². The molecule has 3 rings (SSSR count). The Labute approximate surface area is 111 Å². The van der Waals surface area contributed by atoms with E-state index in [4.69, 9.17) is 10.8 Å². The van der Waals surface area contributed by atoms with Gasteiger partial charge in [0.2, 0.25) is 0 Å². The lowest BCUT2D eigenvalue weighted by atomic mass is 10.1. The van der Waals surface area contributed by atoms with E-state index in [2.05, 4.69) is 15.2 Å². The van der Waals surface area contributed by atoms with Crippen LogP contribution >= 0.6 is 0 Å². The van der Waals surface area contributed by atoms with Crippen LogP contribution in [0.25, 0.3) is 0 Å². The number of hydrogen-bond donors (Lipinski definition) is 3. The van der Waals surface area contributed by atoms with Crippen LogP contribution in [0.3, 0.4) is 0 Å². The van der Waals surface area contributed by atoms with E-state index in [-0.39, 0.29) is 11.3 Å². The highest BCUT2D eigenvalue weighted by Crippen LogP contribution is 2.30. The minimum Gasteiger partial charge on any atom is -0.478 e. The topological polar surface area (TPSA) is 91.5 Å². The molecule has 6 heteroatoms. The van der Waals surface area contributed by atoms with Crippen LogP contribution in [0.15, 0.2) is 12.3 Å². The third-order valence-corrected chi connectivity index (χ3v) is 4.10. The van der Waals surface area contributed by atoms with E-state index in [0.29, 0.717) is 17.9 Å². The minimum atomic E-state index is -1.02. The van der Waals surface area contributed by atoms with Gasteiger partial charge in [0.05, 0.1) is 17.4 Å². The van der Waals surface area contributed by atoms with Gasteiger partial charge >= 0.3 is 5.97 Å². The second kappa shape index (κ2) is 4.70. The van der Waals surface area contributed by atoms with Gasteiger partial charge in [-0.05, 0) is 31.9 Å². The van der Waals surface area contributed by atoms with Gasteiger partial charge in [-0.1, -0.05) is 0 Å². The number of nitrogens with two attached hydrogens (primary N) is 1. The van der Waals surface area contributed by atoms with Crippen molar-refractivity contribution >= 4 is 17.5 Å². The molecule has 102 valence electrons. The first kappa shape index (κ1) is 12.2. The fourth-order valence-electron chi connectivity index (χ4n) is 3.17. The molecule has 0 aromatic carbocycles. The molecule has 0 saturated carbocycles. The van der Waals surface area contributed by atoms with E-state index in [9.17, 15) is 4.79 Å². The Bertz CT molecular complexity index is 505. The summed E-state index contributed by atoms with van der Waals surface area (Å²) in [6, 6.07) is 2.45. The highest BCUT2D eigenvalue weighted by Gasteiger charge is 2.37. The summed E-state index contributed by atoms with van der Waals surface area (Å²) >= 11 is 0. The molecule has 1 aromatic heterocycles. The van der Waals surface area contributed by atoms with E-state index in [1.807, 2.05) is 0 Å². The molecule has 2 aliphatic rings. The monoisotopic (exact) mass is 262 g/mol. The molecule has 2 unspecified atom stereocenters. The molecule has 0 aliphatic carbocycles. The Kier molecular flexibility index (Phi) is 3.02. The predicted molar refractivity (Wildman–Crippen MR) is 72.2 cm³/mol. The number of fused-ring (bicyclic) bond motifs is 1. The fourth-order valence-corrected chi connectivity index (χ4v) is 3.17. The van der Waals surface area contributed by atoms with Crippen LogP contribution < -0.4 is 11.1 Å². The number of anilines is 2. The Balaban J connectivity index is 1.76. The van der Waals surface area contributed by atoms with Crippen LogP contribution in [0.1, 0.15) is 29.6 Å². The second-order valence-electron chi connectivity index (χ2n) is 5.25. The fraction of sp³-hybridized carbons (Fsp3) is 0.538. The highest BCUT2D eigenvalue weighted by molar-refractivity contribution is 5.94. The van der Waals surface area contributed by atoms with Gasteiger partial charge in [0.1, 0.15) is 5.82 Å². The number of carboxylic acid groups (broad SMARTS) is 1. The third kappa shape index (κ3) is 2.23. The Hall–Kier alpha value is -1.82. The molecular weight excluding hydrogens is 244 g/mol. The number of nitrogens with zero attached hydrogens (tertiary/aromatic N) is 2. The molecule has 2 saturated heterocycles. The normalized spacial score (nSPS) is 26.3. The largest absolute Gasteiger partial charge is 0.478 e. The molecule has 0 amide bonds. The lowest BCUT2D eigenvalue weighted by Gasteiger charge is -2.21. The summed E-state index contributed by atoms with van der Waals surface area (Å²) in [6.07, 6.45) is 4.95. The summed E-state index contributed by atoms with van der Waals surface area (Å²) in [7, 11) is 0. The minimum absolute atomic E-state index is 0.110. The molecular formula is C13H18N4O2. The maximum Gasteiger partial charge on any atom is 0.337 e. The number of carboxylic acids is 1. The Morgan fingerprint density at radius 2 is 2.32 bits per heavy atom. The molecule has 4 N–H and O–H groups in total. The maximum atomic E-state index is 11.0. The van der Waals surface area contributed by atoms with E-state index in [1.54, 1.807) is 0 Å². The number of carbonyl (C=O) groups is 1. The number of aromatic carboxylic acids is 1. The van der Waals surface area contributed by atoms with Crippen molar-refractivity contribution < 1.29 is 9.90 Å². The van der Waals surface area contributed by atoms with Crippen molar-refractivity contribution in [1.82, 2.24) is 9.88 Å². The lowest BCUT2D eigenvalue weighted by molar-refractivity contribution is 0.0698. The van der Waals surface area contributed by atoms with Crippen molar-refractivity contribution in [2.24, 2.45) is 0 Å². The number of nitrogen functional groups attached to an aromatic ring is 1. The first-order valence-corrected chi connectivity index (χ1v) is 6.64. The average Bonchev–Trinajstić information content (AvgIpc) is 2.96. The predicted octanol–water partition coefficient (Wildman–Crippen LogP) is 1.01. The molecule has 0 spiro atoms. The summed E-state index contributed by atoms with van der Waals surface area (Å²) in [5.74, 6) is -0.415. The van der Waals surface area contributed by atoms with Crippen LogP contribution in [0.2, 0.25) is 0 Å². The zero-order chi connectivity index (χ0) is 13.4. The lowest BCUT2D eigenvalue weighted by Crippen LogP contribution is -2.34. The van der Waals surface area contributed by atoms with Gasteiger partial charge in [0, 0.05) is 18.6 Å². The van der Waals surface area contributed by atoms with E-state index < -0.39 is 5.97 Å². The molecule has 2 fully saturated rings. The molecule has 1 aromatic rings. The van der Waals surface area contributed by atoms with Gasteiger partial charge in [-0.3, -0.25) is 4.90 Å². The van der Waals surface area contributed by atoms with Gasteiger partial charge in [-0.2, -0.15) is 0 Å². The van der Waals surface area contributed by atoms with Gasteiger partial charge in [0.15, 0.2) is 0 Å². The van der Waals surface area contributed by atoms with Crippen molar-refractivity contribution in [3.05, 3.63) is 17.8 Å². The summed E-state index contributed by atoms with van der Waals surface area (Å²) in [6.45, 7) is 2.29. The standard InChI is InChI=1S/C13H18N4O2/c14-9-7-15-12(6-8(9)13(18)19)16-10-3-5-17-4-1-2-11(10)17/h6-7,10-11H,1-5,14H2,(H,15,16)(H,18,19). The first-order valence-electron chi connectivity index (χ1n) is 6.64. The second-order valence-corrected chi connectivity index (χ2v) is 5.25. The van der Waals surface area contributed by atoms with Crippen molar-refractivity contribution in [2.45, 2.75) is 31.3 Å². The summed E-state index contributed by atoms with van der Waals surface area (Å²) in [5.41, 5.74) is 5.92. The molecule has 2 aliphatic heterocycles. The number of aromatic nitrogens is 1. The zero-order valence-corrected chi connectivity index (χ0v) is 10.7. The van der Waals surface area contributed by atoms with Gasteiger partial charge in [-0.25, -0.2) is 9.78 Å². The Morgan fingerprint density at radius 3 is 3.11 bits per heavy atom. The number of nitrogens with one attached hydrogen (secondary N) is 1. The van der Waals surface area contributed by atoms with Gasteiger partial charge in [-0.15, -0.1) is 0 Å². The van der Waals surface area contributed by atoms with E-state index in [1.165, 1.54) is 31.6 Å². The number of hydrogen-bond acceptors (Lipinski definition) is 5. The van der Waals surface area contributed by atoms with Crippen LogP contribution in [0.5, 0.6) is 0 Å².